The first-order valence-electron chi connectivity index (χ1n) is 8.00. The highest BCUT2D eigenvalue weighted by atomic mass is 15.4. The van der Waals surface area contributed by atoms with Crippen LogP contribution in [0.25, 0.3) is 0 Å². The van der Waals surface area contributed by atoms with Crippen molar-refractivity contribution in [2.75, 3.05) is 52.6 Å². The van der Waals surface area contributed by atoms with E-state index in [1.54, 1.807) is 0 Å². The predicted molar refractivity (Wildman–Crippen MR) is 85.2 cm³/mol. The molecular weight excluding hydrogens is 248 g/mol. The van der Waals surface area contributed by atoms with Crippen LogP contribution in [0.1, 0.15) is 25.7 Å². The molecule has 0 saturated carbocycles. The molecule has 0 aromatic heterocycles. The molecule has 0 radical (unpaired) electrons. The fourth-order valence-electron chi connectivity index (χ4n) is 3.02. The molecule has 2 aliphatic rings. The Morgan fingerprint density at radius 2 is 1.10 bits per heavy atom. The van der Waals surface area contributed by atoms with E-state index in [9.17, 15) is 0 Å². The Morgan fingerprint density at radius 3 is 1.45 bits per heavy atom. The Balaban J connectivity index is 1.42. The predicted octanol–water partition coefficient (Wildman–Crippen LogP) is 1.98. The fraction of sp³-hybridized carbons (Fsp3) is 0.750. The average Bonchev–Trinajstić information content (AvgIpc) is 3.11. The Kier molecular flexibility index (Phi) is 6.40. The Hall–Kier alpha value is -1.00. The molecule has 2 saturated heterocycles. The first kappa shape index (κ1) is 15.4. The molecule has 4 heteroatoms. The van der Waals surface area contributed by atoms with E-state index in [-0.39, 0.29) is 0 Å². The van der Waals surface area contributed by atoms with E-state index in [0.29, 0.717) is 0 Å². The first-order valence-corrected chi connectivity index (χ1v) is 8.00. The van der Waals surface area contributed by atoms with Gasteiger partial charge >= 0.3 is 0 Å². The van der Waals surface area contributed by atoms with Crippen LogP contribution in [-0.4, -0.2) is 72.2 Å². The van der Waals surface area contributed by atoms with E-state index in [4.69, 9.17) is 0 Å². The largest absolute Gasteiger partial charge is 0.364 e. The maximum atomic E-state index is 3.83. The maximum absolute atomic E-state index is 3.83. The minimum Gasteiger partial charge on any atom is -0.364 e. The molecule has 0 amide bonds. The van der Waals surface area contributed by atoms with Gasteiger partial charge in [-0.05, 0) is 38.3 Å². The van der Waals surface area contributed by atoms with Crippen molar-refractivity contribution in [1.82, 2.24) is 19.6 Å². The van der Waals surface area contributed by atoms with Gasteiger partial charge in [0.2, 0.25) is 0 Å². The molecule has 2 fully saturated rings. The van der Waals surface area contributed by atoms with Crippen molar-refractivity contribution in [2.24, 2.45) is 0 Å². The second kappa shape index (κ2) is 8.32. The summed E-state index contributed by atoms with van der Waals surface area (Å²) in [4.78, 5) is 9.64. The number of unbranched alkanes of at least 4 members (excludes halogenated alkanes) is 3. The quantitative estimate of drug-likeness (QED) is 0.598. The van der Waals surface area contributed by atoms with Crippen molar-refractivity contribution >= 4 is 0 Å². The molecule has 0 bridgehead atoms. The van der Waals surface area contributed by atoms with Crippen molar-refractivity contribution in [2.45, 2.75) is 25.7 Å². The molecule has 20 heavy (non-hydrogen) atoms. The van der Waals surface area contributed by atoms with Crippen LogP contribution in [0.4, 0.5) is 0 Å². The highest BCUT2D eigenvalue weighted by Gasteiger charge is 2.16. The topological polar surface area (TPSA) is 13.0 Å². The summed E-state index contributed by atoms with van der Waals surface area (Å²) in [6, 6.07) is 0. The van der Waals surface area contributed by atoms with Gasteiger partial charge in [-0.15, -0.1) is 0 Å². The van der Waals surface area contributed by atoms with Crippen LogP contribution >= 0.6 is 0 Å². The third-order valence-corrected chi connectivity index (χ3v) is 4.39. The van der Waals surface area contributed by atoms with Gasteiger partial charge in [-0.3, -0.25) is 9.80 Å². The minimum atomic E-state index is 1.08. The molecule has 114 valence electrons. The van der Waals surface area contributed by atoms with Gasteiger partial charge in [-0.25, -0.2) is 0 Å². The van der Waals surface area contributed by atoms with E-state index in [1.165, 1.54) is 51.9 Å². The van der Waals surface area contributed by atoms with Crippen LogP contribution in [0, 0.1) is 0 Å². The van der Waals surface area contributed by atoms with Gasteiger partial charge in [0.15, 0.2) is 0 Å². The molecule has 4 nitrogen and oxygen atoms in total. The number of hydrogen-bond donors (Lipinski definition) is 0. The standard InChI is InChI=1S/C16H30N4/c1-3-17-11-13-19(15-17)9-7-5-6-8-10-20-14-12-18(4-2)16-20/h3-4H,1-2,5-16H2. The van der Waals surface area contributed by atoms with Gasteiger partial charge in [-0.2, -0.15) is 0 Å². The molecule has 0 aromatic carbocycles. The van der Waals surface area contributed by atoms with Crippen molar-refractivity contribution in [3.8, 4) is 0 Å². The van der Waals surface area contributed by atoms with Crippen LogP contribution < -0.4 is 0 Å². The average molecular weight is 278 g/mol. The van der Waals surface area contributed by atoms with E-state index in [0.717, 1.165) is 26.4 Å². The van der Waals surface area contributed by atoms with E-state index < -0.39 is 0 Å². The molecule has 0 unspecified atom stereocenters. The van der Waals surface area contributed by atoms with Gasteiger partial charge in [0.25, 0.3) is 0 Å². The summed E-state index contributed by atoms with van der Waals surface area (Å²) in [5.74, 6) is 0. The molecule has 2 heterocycles. The molecular formula is C16H30N4. The van der Waals surface area contributed by atoms with Gasteiger partial charge < -0.3 is 9.80 Å². The highest BCUT2D eigenvalue weighted by Crippen LogP contribution is 2.10. The Morgan fingerprint density at radius 1 is 0.650 bits per heavy atom. The number of nitrogens with zero attached hydrogens (tertiary/aromatic N) is 4. The minimum absolute atomic E-state index is 1.08. The summed E-state index contributed by atoms with van der Waals surface area (Å²) >= 11 is 0. The Bertz CT molecular complexity index is 275. The lowest BCUT2D eigenvalue weighted by molar-refractivity contribution is 0.272. The van der Waals surface area contributed by atoms with Gasteiger partial charge in [0.1, 0.15) is 0 Å². The Labute approximate surface area is 124 Å². The molecule has 0 aromatic rings. The summed E-state index contributed by atoms with van der Waals surface area (Å²) in [6.45, 7) is 17.0. The van der Waals surface area contributed by atoms with Crippen LogP contribution in [0.3, 0.4) is 0 Å². The maximum Gasteiger partial charge on any atom is 0.0702 e. The van der Waals surface area contributed by atoms with E-state index >= 15 is 0 Å². The van der Waals surface area contributed by atoms with Gasteiger partial charge in [0.05, 0.1) is 13.3 Å². The highest BCUT2D eigenvalue weighted by molar-refractivity contribution is 4.79. The number of rotatable bonds is 9. The lowest BCUT2D eigenvalue weighted by atomic mass is 10.2. The zero-order valence-electron chi connectivity index (χ0n) is 12.8. The SMILES string of the molecule is C=CN1CCN(CCCCCCN2CCN(C=C)C2)C1. The summed E-state index contributed by atoms with van der Waals surface area (Å²) in [5.41, 5.74) is 0. The smallest absolute Gasteiger partial charge is 0.0702 e. The van der Waals surface area contributed by atoms with Crippen LogP contribution in [-0.2, 0) is 0 Å². The van der Waals surface area contributed by atoms with Gasteiger partial charge in [0, 0.05) is 26.2 Å². The summed E-state index contributed by atoms with van der Waals surface area (Å²) in [5, 5.41) is 0. The fourth-order valence-corrected chi connectivity index (χ4v) is 3.02. The van der Waals surface area contributed by atoms with Crippen molar-refractivity contribution in [3.63, 3.8) is 0 Å². The van der Waals surface area contributed by atoms with E-state index in [2.05, 4.69) is 32.8 Å². The molecule has 2 aliphatic heterocycles. The summed E-state index contributed by atoms with van der Waals surface area (Å²) in [6.07, 6.45) is 9.33. The van der Waals surface area contributed by atoms with Crippen LogP contribution in [0.15, 0.2) is 25.6 Å². The molecule has 0 atom stereocenters. The number of hydrogen-bond acceptors (Lipinski definition) is 4. The van der Waals surface area contributed by atoms with E-state index in [1.807, 2.05) is 12.4 Å². The second-order valence-corrected chi connectivity index (χ2v) is 5.92. The van der Waals surface area contributed by atoms with Crippen molar-refractivity contribution in [3.05, 3.63) is 25.6 Å². The lowest BCUT2D eigenvalue weighted by Gasteiger charge is -2.17. The lowest BCUT2D eigenvalue weighted by Crippen LogP contribution is -2.24. The van der Waals surface area contributed by atoms with Crippen molar-refractivity contribution < 1.29 is 0 Å². The van der Waals surface area contributed by atoms with Gasteiger partial charge in [-0.1, -0.05) is 26.0 Å². The van der Waals surface area contributed by atoms with Crippen LogP contribution in [0.2, 0.25) is 0 Å². The second-order valence-electron chi connectivity index (χ2n) is 5.92. The molecule has 0 spiro atoms. The van der Waals surface area contributed by atoms with Crippen molar-refractivity contribution in [1.29, 1.82) is 0 Å². The molecule has 0 aliphatic carbocycles. The zero-order valence-corrected chi connectivity index (χ0v) is 12.8. The zero-order chi connectivity index (χ0) is 14.2. The van der Waals surface area contributed by atoms with Crippen LogP contribution in [0.5, 0.6) is 0 Å². The third kappa shape index (κ3) is 4.84. The monoisotopic (exact) mass is 278 g/mol. The normalized spacial score (nSPS) is 20.8. The molecule has 0 N–H and O–H groups in total. The third-order valence-electron chi connectivity index (χ3n) is 4.39. The summed E-state index contributed by atoms with van der Waals surface area (Å²) in [7, 11) is 0. The first-order chi connectivity index (χ1) is 9.81. The summed E-state index contributed by atoms with van der Waals surface area (Å²) < 4.78 is 0. The molecule has 2 rings (SSSR count).